The number of rotatable bonds is 6. The van der Waals surface area contributed by atoms with E-state index in [1.54, 1.807) is 0 Å². The maximum atomic E-state index is 8.98. The van der Waals surface area contributed by atoms with E-state index in [4.69, 9.17) is 16.7 Å². The second kappa shape index (κ2) is 6.70. The van der Waals surface area contributed by atoms with E-state index in [1.165, 1.54) is 0 Å². The molecule has 0 aliphatic rings. The third-order valence-electron chi connectivity index (χ3n) is 2.95. The van der Waals surface area contributed by atoms with Gasteiger partial charge in [0.15, 0.2) is 0 Å². The van der Waals surface area contributed by atoms with Gasteiger partial charge in [-0.15, -0.1) is 0 Å². The van der Waals surface area contributed by atoms with Crippen LogP contribution in [-0.2, 0) is 6.54 Å². The highest BCUT2D eigenvalue weighted by atomic mass is 35.5. The molecule has 1 aromatic heterocycles. The van der Waals surface area contributed by atoms with Crippen LogP contribution in [0.3, 0.4) is 0 Å². The third kappa shape index (κ3) is 3.80. The fraction of sp³-hybridized carbons (Fsp3) is 0.357. The van der Waals surface area contributed by atoms with Crippen molar-refractivity contribution in [2.45, 2.75) is 13.5 Å². The minimum absolute atomic E-state index is 0.194. The van der Waals surface area contributed by atoms with Crippen molar-refractivity contribution < 1.29 is 5.11 Å². The Kier molecular flexibility index (Phi) is 4.96. The van der Waals surface area contributed by atoms with Crippen molar-refractivity contribution in [2.24, 2.45) is 5.92 Å². The van der Waals surface area contributed by atoms with E-state index in [1.807, 2.05) is 37.4 Å². The molecule has 0 spiro atoms. The average Bonchev–Trinajstić information content (AvgIpc) is 2.87. The second-order valence-corrected chi connectivity index (χ2v) is 5.14. The number of aliphatic hydroxyl groups is 1. The van der Waals surface area contributed by atoms with Gasteiger partial charge in [-0.1, -0.05) is 30.7 Å². The Morgan fingerprint density at radius 2 is 2.32 bits per heavy atom. The SMILES string of the molecule is CC(CO)CNCc1cn[nH]c1-c1cccc(Cl)c1. The number of hydrogen-bond acceptors (Lipinski definition) is 3. The molecule has 1 heterocycles. The molecule has 19 heavy (non-hydrogen) atoms. The molecular weight excluding hydrogens is 262 g/mol. The summed E-state index contributed by atoms with van der Waals surface area (Å²) in [5.74, 6) is 0.251. The summed E-state index contributed by atoms with van der Waals surface area (Å²) >= 11 is 6.00. The van der Waals surface area contributed by atoms with Gasteiger partial charge < -0.3 is 10.4 Å². The number of halogens is 1. The predicted octanol–water partition coefficient (Wildman–Crippen LogP) is 2.45. The zero-order valence-electron chi connectivity index (χ0n) is 10.9. The molecule has 0 amide bonds. The number of hydrogen-bond donors (Lipinski definition) is 3. The molecule has 0 saturated heterocycles. The number of aliphatic hydroxyl groups excluding tert-OH is 1. The lowest BCUT2D eigenvalue weighted by atomic mass is 10.1. The first-order valence-electron chi connectivity index (χ1n) is 6.30. The summed E-state index contributed by atoms with van der Waals surface area (Å²) in [5.41, 5.74) is 3.09. The van der Waals surface area contributed by atoms with Gasteiger partial charge in [0.25, 0.3) is 0 Å². The Morgan fingerprint density at radius 1 is 1.47 bits per heavy atom. The van der Waals surface area contributed by atoms with Crippen LogP contribution in [0, 0.1) is 5.92 Å². The number of nitrogens with zero attached hydrogens (tertiary/aromatic N) is 1. The Hall–Kier alpha value is -1.36. The molecule has 0 fully saturated rings. The van der Waals surface area contributed by atoms with Gasteiger partial charge >= 0.3 is 0 Å². The van der Waals surface area contributed by atoms with E-state index >= 15 is 0 Å². The lowest BCUT2D eigenvalue weighted by Gasteiger charge is -2.09. The average molecular weight is 280 g/mol. The summed E-state index contributed by atoms with van der Waals surface area (Å²) in [4.78, 5) is 0. The number of aromatic nitrogens is 2. The normalized spacial score (nSPS) is 12.6. The van der Waals surface area contributed by atoms with Crippen molar-refractivity contribution in [3.8, 4) is 11.3 Å². The second-order valence-electron chi connectivity index (χ2n) is 4.70. The van der Waals surface area contributed by atoms with Crippen molar-refractivity contribution >= 4 is 11.6 Å². The fourth-order valence-corrected chi connectivity index (χ4v) is 2.05. The van der Waals surface area contributed by atoms with Crippen molar-refractivity contribution in [3.63, 3.8) is 0 Å². The van der Waals surface area contributed by atoms with Crippen LogP contribution in [0.2, 0.25) is 5.02 Å². The summed E-state index contributed by atoms with van der Waals surface area (Å²) < 4.78 is 0. The zero-order valence-corrected chi connectivity index (χ0v) is 11.6. The van der Waals surface area contributed by atoms with Crippen LogP contribution in [-0.4, -0.2) is 28.5 Å². The van der Waals surface area contributed by atoms with Gasteiger partial charge in [0.1, 0.15) is 0 Å². The van der Waals surface area contributed by atoms with Crippen molar-refractivity contribution in [3.05, 3.63) is 41.0 Å². The van der Waals surface area contributed by atoms with Crippen LogP contribution in [0.4, 0.5) is 0 Å². The smallest absolute Gasteiger partial charge is 0.0695 e. The summed E-state index contributed by atoms with van der Waals surface area (Å²) in [5, 5.41) is 20.1. The van der Waals surface area contributed by atoms with Gasteiger partial charge in [0.05, 0.1) is 11.9 Å². The molecule has 4 nitrogen and oxygen atoms in total. The topological polar surface area (TPSA) is 60.9 Å². The number of H-pyrrole nitrogens is 1. The van der Waals surface area contributed by atoms with E-state index in [0.717, 1.165) is 23.4 Å². The van der Waals surface area contributed by atoms with Gasteiger partial charge in [0.2, 0.25) is 0 Å². The van der Waals surface area contributed by atoms with Crippen LogP contribution in [0.5, 0.6) is 0 Å². The molecule has 5 heteroatoms. The first-order chi connectivity index (χ1) is 9.20. The lowest BCUT2D eigenvalue weighted by molar-refractivity contribution is 0.233. The van der Waals surface area contributed by atoms with Crippen LogP contribution >= 0.6 is 11.6 Å². The fourth-order valence-electron chi connectivity index (χ4n) is 1.86. The van der Waals surface area contributed by atoms with Crippen molar-refractivity contribution in [1.82, 2.24) is 15.5 Å². The Bertz CT molecular complexity index is 527. The van der Waals surface area contributed by atoms with E-state index < -0.39 is 0 Å². The molecule has 0 saturated carbocycles. The van der Waals surface area contributed by atoms with Crippen molar-refractivity contribution in [2.75, 3.05) is 13.2 Å². The van der Waals surface area contributed by atoms with Crippen LogP contribution < -0.4 is 5.32 Å². The van der Waals surface area contributed by atoms with Gasteiger partial charge in [-0.05, 0) is 18.1 Å². The standard InChI is InChI=1S/C14H18ClN3O/c1-10(9-19)6-16-7-12-8-17-18-14(12)11-3-2-4-13(15)5-11/h2-5,8,10,16,19H,6-7,9H2,1H3,(H,17,18). The van der Waals surface area contributed by atoms with E-state index in [-0.39, 0.29) is 12.5 Å². The van der Waals surface area contributed by atoms with Gasteiger partial charge in [-0.25, -0.2) is 0 Å². The molecule has 0 aliphatic carbocycles. The van der Waals surface area contributed by atoms with E-state index in [9.17, 15) is 0 Å². The van der Waals surface area contributed by atoms with Crippen molar-refractivity contribution in [1.29, 1.82) is 0 Å². The maximum absolute atomic E-state index is 8.98. The third-order valence-corrected chi connectivity index (χ3v) is 3.19. The summed E-state index contributed by atoms with van der Waals surface area (Å²) in [6.07, 6.45) is 1.81. The first-order valence-corrected chi connectivity index (χ1v) is 6.68. The summed E-state index contributed by atoms with van der Waals surface area (Å²) in [7, 11) is 0. The minimum Gasteiger partial charge on any atom is -0.396 e. The molecule has 1 aromatic carbocycles. The lowest BCUT2D eigenvalue weighted by Crippen LogP contribution is -2.22. The Balaban J connectivity index is 2.06. The highest BCUT2D eigenvalue weighted by Crippen LogP contribution is 2.23. The largest absolute Gasteiger partial charge is 0.396 e. The van der Waals surface area contributed by atoms with Crippen LogP contribution in [0.15, 0.2) is 30.5 Å². The number of benzene rings is 1. The van der Waals surface area contributed by atoms with E-state index in [0.29, 0.717) is 11.6 Å². The summed E-state index contributed by atoms with van der Waals surface area (Å²) in [6, 6.07) is 7.68. The molecule has 1 unspecified atom stereocenters. The minimum atomic E-state index is 0.194. The number of aromatic amines is 1. The molecule has 1 atom stereocenters. The zero-order chi connectivity index (χ0) is 13.7. The van der Waals surface area contributed by atoms with Gasteiger partial charge in [-0.3, -0.25) is 5.10 Å². The molecule has 3 N–H and O–H groups in total. The van der Waals surface area contributed by atoms with Gasteiger partial charge in [-0.2, -0.15) is 5.10 Å². The molecular formula is C14H18ClN3O. The first kappa shape index (κ1) is 14.1. The predicted molar refractivity (Wildman–Crippen MR) is 77.0 cm³/mol. The molecule has 0 bridgehead atoms. The van der Waals surface area contributed by atoms with Crippen LogP contribution in [0.1, 0.15) is 12.5 Å². The Morgan fingerprint density at radius 3 is 3.05 bits per heavy atom. The highest BCUT2D eigenvalue weighted by molar-refractivity contribution is 6.30. The summed E-state index contributed by atoms with van der Waals surface area (Å²) in [6.45, 7) is 3.68. The maximum Gasteiger partial charge on any atom is 0.0695 e. The Labute approximate surface area is 117 Å². The number of nitrogens with one attached hydrogen (secondary N) is 2. The van der Waals surface area contributed by atoms with Gasteiger partial charge in [0, 0.05) is 35.8 Å². The molecule has 2 rings (SSSR count). The quantitative estimate of drug-likeness (QED) is 0.761. The molecule has 0 aliphatic heterocycles. The van der Waals surface area contributed by atoms with Crippen LogP contribution in [0.25, 0.3) is 11.3 Å². The molecule has 2 aromatic rings. The molecule has 0 radical (unpaired) electrons. The van der Waals surface area contributed by atoms with E-state index in [2.05, 4.69) is 15.5 Å². The monoisotopic (exact) mass is 279 g/mol. The highest BCUT2D eigenvalue weighted by Gasteiger charge is 2.08. The molecule has 102 valence electrons.